The molecule has 122 valence electrons. The van der Waals surface area contributed by atoms with Crippen molar-refractivity contribution < 1.29 is 9.90 Å². The van der Waals surface area contributed by atoms with Crippen molar-refractivity contribution in [3.63, 3.8) is 0 Å². The molecule has 7 heteroatoms. The van der Waals surface area contributed by atoms with Crippen LogP contribution in [0.5, 0.6) is 0 Å². The molecule has 0 aromatic heterocycles. The van der Waals surface area contributed by atoms with Crippen molar-refractivity contribution in [3.05, 3.63) is 29.3 Å². The van der Waals surface area contributed by atoms with Crippen molar-refractivity contribution in [2.75, 3.05) is 4.90 Å². The van der Waals surface area contributed by atoms with Gasteiger partial charge >= 0.3 is 5.97 Å². The van der Waals surface area contributed by atoms with Gasteiger partial charge in [-0.3, -0.25) is 4.90 Å². The number of carboxylic acids is 1. The first-order valence-corrected chi connectivity index (χ1v) is 7.77. The number of carboxylic acid groups (broad SMARTS) is 1. The molecule has 0 unspecified atom stereocenters. The molecule has 7 nitrogen and oxygen atoms in total. The lowest BCUT2D eigenvalue weighted by Gasteiger charge is -2.45. The van der Waals surface area contributed by atoms with Crippen molar-refractivity contribution in [2.24, 2.45) is 21.5 Å². The number of aryl methyl sites for hydroxylation is 1. The van der Waals surface area contributed by atoms with Crippen molar-refractivity contribution in [1.82, 2.24) is 0 Å². The van der Waals surface area contributed by atoms with Crippen LogP contribution in [-0.4, -0.2) is 28.7 Å². The maximum atomic E-state index is 11.2. The van der Waals surface area contributed by atoms with E-state index >= 15 is 0 Å². The molecule has 1 spiro atoms. The average molecular weight is 315 g/mol. The summed E-state index contributed by atoms with van der Waals surface area (Å²) >= 11 is 0. The van der Waals surface area contributed by atoms with E-state index in [-0.39, 0.29) is 11.5 Å². The number of aromatic carboxylic acids is 1. The summed E-state index contributed by atoms with van der Waals surface area (Å²) in [7, 11) is 0. The van der Waals surface area contributed by atoms with Crippen LogP contribution in [0.15, 0.2) is 28.2 Å². The van der Waals surface area contributed by atoms with Crippen LogP contribution in [0.3, 0.4) is 0 Å². The lowest BCUT2D eigenvalue weighted by Crippen LogP contribution is -2.58. The van der Waals surface area contributed by atoms with Gasteiger partial charge in [0.15, 0.2) is 0 Å². The Kier molecular flexibility index (Phi) is 3.71. The van der Waals surface area contributed by atoms with E-state index in [9.17, 15) is 9.90 Å². The summed E-state index contributed by atoms with van der Waals surface area (Å²) in [5, 5.41) is 9.20. The molecular formula is C16H21N5O2. The number of hydrogen-bond donors (Lipinski definition) is 3. The molecule has 0 atom stereocenters. The molecule has 1 saturated carbocycles. The lowest BCUT2D eigenvalue weighted by molar-refractivity contribution is 0.0696. The fourth-order valence-electron chi connectivity index (χ4n) is 3.52. The zero-order chi connectivity index (χ0) is 16.6. The van der Waals surface area contributed by atoms with E-state index < -0.39 is 11.6 Å². The first-order chi connectivity index (χ1) is 10.9. The third-order valence-electron chi connectivity index (χ3n) is 4.55. The van der Waals surface area contributed by atoms with Gasteiger partial charge in [0.2, 0.25) is 11.9 Å². The smallest absolute Gasteiger partial charge is 0.335 e. The van der Waals surface area contributed by atoms with Gasteiger partial charge in [0.25, 0.3) is 0 Å². The first kappa shape index (κ1) is 15.3. The van der Waals surface area contributed by atoms with Crippen LogP contribution < -0.4 is 16.4 Å². The zero-order valence-corrected chi connectivity index (χ0v) is 13.1. The second kappa shape index (κ2) is 5.57. The minimum absolute atomic E-state index is 0.208. The van der Waals surface area contributed by atoms with E-state index in [1.807, 2.05) is 11.0 Å². The molecule has 0 saturated heterocycles. The summed E-state index contributed by atoms with van der Waals surface area (Å²) in [4.78, 5) is 21.8. The molecule has 23 heavy (non-hydrogen) atoms. The van der Waals surface area contributed by atoms with Gasteiger partial charge in [-0.05, 0) is 56.4 Å². The van der Waals surface area contributed by atoms with Gasteiger partial charge in [0.1, 0.15) is 5.66 Å². The van der Waals surface area contributed by atoms with E-state index in [1.165, 1.54) is 6.42 Å². The van der Waals surface area contributed by atoms with Gasteiger partial charge in [-0.2, -0.15) is 4.99 Å². The second-order valence-electron chi connectivity index (χ2n) is 6.12. The largest absolute Gasteiger partial charge is 0.478 e. The summed E-state index contributed by atoms with van der Waals surface area (Å²) in [6, 6.07) is 5.17. The average Bonchev–Trinajstić information content (AvgIpc) is 2.46. The SMILES string of the molecule is Cc1cc(N2C(N)=NC(N)=NC23CCCCC3)ccc1C(=O)O. The van der Waals surface area contributed by atoms with E-state index in [0.717, 1.165) is 31.4 Å². The minimum Gasteiger partial charge on any atom is -0.478 e. The molecule has 1 heterocycles. The van der Waals surface area contributed by atoms with Crippen LogP contribution >= 0.6 is 0 Å². The van der Waals surface area contributed by atoms with E-state index in [2.05, 4.69) is 9.98 Å². The Hall–Kier alpha value is -2.57. The van der Waals surface area contributed by atoms with Crippen LogP contribution in [0.1, 0.15) is 48.0 Å². The highest BCUT2D eigenvalue weighted by atomic mass is 16.4. The van der Waals surface area contributed by atoms with E-state index in [1.54, 1.807) is 19.1 Å². The summed E-state index contributed by atoms with van der Waals surface area (Å²) in [6.07, 6.45) is 4.96. The summed E-state index contributed by atoms with van der Waals surface area (Å²) in [5.74, 6) is -0.426. The summed E-state index contributed by atoms with van der Waals surface area (Å²) < 4.78 is 0. The predicted molar refractivity (Wildman–Crippen MR) is 89.7 cm³/mol. The zero-order valence-electron chi connectivity index (χ0n) is 13.1. The fraction of sp³-hybridized carbons (Fsp3) is 0.438. The molecule has 1 aliphatic carbocycles. The Bertz CT molecular complexity index is 704. The molecule has 1 aromatic carbocycles. The number of anilines is 1. The van der Waals surface area contributed by atoms with Gasteiger partial charge in [-0.1, -0.05) is 6.42 Å². The van der Waals surface area contributed by atoms with Crippen molar-refractivity contribution >= 4 is 23.6 Å². The van der Waals surface area contributed by atoms with Gasteiger partial charge < -0.3 is 16.6 Å². The number of aliphatic imine (C=N–C) groups is 2. The number of hydrogen-bond acceptors (Lipinski definition) is 6. The van der Waals surface area contributed by atoms with Crippen molar-refractivity contribution in [3.8, 4) is 0 Å². The van der Waals surface area contributed by atoms with Crippen molar-refractivity contribution in [2.45, 2.75) is 44.7 Å². The third-order valence-corrected chi connectivity index (χ3v) is 4.55. The number of guanidine groups is 2. The maximum absolute atomic E-state index is 11.2. The number of nitrogens with two attached hydrogens (primary N) is 2. The minimum atomic E-state index is -0.941. The highest BCUT2D eigenvalue weighted by Gasteiger charge is 2.42. The third kappa shape index (κ3) is 2.62. The highest BCUT2D eigenvalue weighted by Crippen LogP contribution is 2.39. The molecule has 0 bridgehead atoms. The van der Waals surface area contributed by atoms with Crippen LogP contribution in [0.25, 0.3) is 0 Å². The normalized spacial score (nSPS) is 20.1. The van der Waals surface area contributed by atoms with E-state index in [0.29, 0.717) is 11.5 Å². The first-order valence-electron chi connectivity index (χ1n) is 7.77. The molecular weight excluding hydrogens is 294 g/mol. The topological polar surface area (TPSA) is 117 Å². The highest BCUT2D eigenvalue weighted by molar-refractivity contribution is 6.05. The Morgan fingerprint density at radius 2 is 1.96 bits per heavy atom. The maximum Gasteiger partial charge on any atom is 0.335 e. The van der Waals surface area contributed by atoms with Gasteiger partial charge in [0.05, 0.1) is 5.56 Å². The molecule has 3 rings (SSSR count). The Morgan fingerprint density at radius 3 is 2.57 bits per heavy atom. The standard InChI is InChI=1S/C16H21N5O2/c1-10-9-11(5-6-12(10)13(22)23)21-15(18)19-14(17)20-16(21)7-3-2-4-8-16/h5-6,9H,2-4,7-8H2,1H3,(H,22,23)(H4,17,18,19,20). The van der Waals surface area contributed by atoms with Crippen molar-refractivity contribution in [1.29, 1.82) is 0 Å². The monoisotopic (exact) mass is 315 g/mol. The van der Waals surface area contributed by atoms with Gasteiger partial charge in [-0.25, -0.2) is 9.79 Å². The molecule has 5 N–H and O–H groups in total. The van der Waals surface area contributed by atoms with Crippen LogP contribution in [0.4, 0.5) is 5.69 Å². The van der Waals surface area contributed by atoms with Gasteiger partial charge in [0, 0.05) is 5.69 Å². The Labute approximate surface area is 134 Å². The summed E-state index contributed by atoms with van der Waals surface area (Å²) in [5.41, 5.74) is 13.2. The predicted octanol–water partition coefficient (Wildman–Crippen LogP) is 1.80. The number of carbonyl (C=O) groups is 1. The van der Waals surface area contributed by atoms with Gasteiger partial charge in [-0.15, -0.1) is 0 Å². The molecule has 1 aliphatic heterocycles. The van der Waals surface area contributed by atoms with Crippen LogP contribution in [0.2, 0.25) is 0 Å². The molecule has 0 amide bonds. The quantitative estimate of drug-likeness (QED) is 0.769. The number of benzene rings is 1. The molecule has 2 aliphatic rings. The number of rotatable bonds is 2. The van der Waals surface area contributed by atoms with E-state index in [4.69, 9.17) is 11.5 Å². The molecule has 1 aromatic rings. The Morgan fingerprint density at radius 1 is 1.26 bits per heavy atom. The second-order valence-corrected chi connectivity index (χ2v) is 6.12. The molecule has 1 fully saturated rings. The lowest BCUT2D eigenvalue weighted by atomic mass is 9.87. The summed E-state index contributed by atoms with van der Waals surface area (Å²) in [6.45, 7) is 1.77. The molecule has 0 radical (unpaired) electrons. The van der Waals surface area contributed by atoms with Crippen LogP contribution in [-0.2, 0) is 0 Å². The fourth-order valence-corrected chi connectivity index (χ4v) is 3.52. The number of nitrogens with zero attached hydrogens (tertiary/aromatic N) is 3. The van der Waals surface area contributed by atoms with Crippen LogP contribution in [0, 0.1) is 6.92 Å². The Balaban J connectivity index is 2.07.